The zero-order valence-electron chi connectivity index (χ0n) is 11.7. The van der Waals surface area contributed by atoms with E-state index >= 15 is 0 Å². The van der Waals surface area contributed by atoms with Gasteiger partial charge in [-0.3, -0.25) is 4.21 Å². The minimum atomic E-state index is -0.885. The molecule has 0 aromatic heterocycles. The van der Waals surface area contributed by atoms with E-state index in [0.29, 0.717) is 18.4 Å². The van der Waals surface area contributed by atoms with E-state index in [-0.39, 0.29) is 5.25 Å². The zero-order valence-corrected chi connectivity index (χ0v) is 12.5. The Morgan fingerprint density at radius 2 is 2.32 bits per heavy atom. The third-order valence-corrected chi connectivity index (χ3v) is 5.26. The first-order chi connectivity index (χ1) is 9.20. The van der Waals surface area contributed by atoms with Gasteiger partial charge in [-0.25, -0.2) is 0 Å². The van der Waals surface area contributed by atoms with E-state index < -0.39 is 10.8 Å². The van der Waals surface area contributed by atoms with Gasteiger partial charge in [-0.15, -0.1) is 0 Å². The largest absolute Gasteiger partial charge is 0.380 e. The van der Waals surface area contributed by atoms with Crippen LogP contribution in [0.4, 0.5) is 0 Å². The molecule has 106 valence electrons. The summed E-state index contributed by atoms with van der Waals surface area (Å²) in [5.41, 5.74) is 2.37. The van der Waals surface area contributed by atoms with Gasteiger partial charge >= 0.3 is 0 Å². The van der Waals surface area contributed by atoms with Crippen molar-refractivity contribution in [3.8, 4) is 0 Å². The second-order valence-electron chi connectivity index (χ2n) is 5.08. The number of ether oxygens (including phenoxy) is 1. The molecule has 19 heavy (non-hydrogen) atoms. The fourth-order valence-corrected chi connectivity index (χ4v) is 4.11. The van der Waals surface area contributed by atoms with Crippen LogP contribution in [0.15, 0.2) is 24.3 Å². The maximum atomic E-state index is 12.6. The average molecular weight is 281 g/mol. The maximum Gasteiger partial charge on any atom is 0.0738 e. The van der Waals surface area contributed by atoms with Gasteiger partial charge in [-0.1, -0.05) is 36.8 Å². The molecule has 0 radical (unpaired) electrons. The lowest BCUT2D eigenvalue weighted by Crippen LogP contribution is -2.48. The molecular weight excluding hydrogens is 258 g/mol. The van der Waals surface area contributed by atoms with Crippen molar-refractivity contribution in [3.63, 3.8) is 0 Å². The van der Waals surface area contributed by atoms with Gasteiger partial charge in [-0.2, -0.15) is 0 Å². The monoisotopic (exact) mass is 281 g/mol. The molecule has 1 aliphatic heterocycles. The van der Waals surface area contributed by atoms with Crippen molar-refractivity contribution in [2.24, 2.45) is 0 Å². The van der Waals surface area contributed by atoms with Crippen LogP contribution in [0.5, 0.6) is 0 Å². The first-order valence-electron chi connectivity index (χ1n) is 6.94. The third kappa shape index (κ3) is 4.13. The number of nitrogens with one attached hydrogen (secondary N) is 1. The minimum Gasteiger partial charge on any atom is -0.380 e. The third-order valence-electron chi connectivity index (χ3n) is 3.50. The van der Waals surface area contributed by atoms with Gasteiger partial charge in [0.1, 0.15) is 0 Å². The molecule has 1 aliphatic rings. The van der Waals surface area contributed by atoms with Crippen molar-refractivity contribution < 1.29 is 8.95 Å². The summed E-state index contributed by atoms with van der Waals surface area (Å²) in [5.74, 6) is 0.623. The molecule has 1 N–H and O–H groups in total. The Balaban J connectivity index is 2.01. The summed E-state index contributed by atoms with van der Waals surface area (Å²) in [6.45, 7) is 6.46. The molecule has 3 atom stereocenters. The van der Waals surface area contributed by atoms with Crippen LogP contribution in [-0.4, -0.2) is 35.3 Å². The van der Waals surface area contributed by atoms with Gasteiger partial charge in [0, 0.05) is 29.2 Å². The predicted octanol–water partition coefficient (Wildman–Crippen LogP) is 2.01. The Morgan fingerprint density at radius 3 is 3.05 bits per heavy atom. The van der Waals surface area contributed by atoms with Crippen LogP contribution in [0.25, 0.3) is 0 Å². The summed E-state index contributed by atoms with van der Waals surface area (Å²) in [5, 5.41) is 3.55. The SMILES string of the molecule is CCNC1CCOCC1S(=O)Cc1cccc(C)c1. The second-order valence-corrected chi connectivity index (χ2v) is 6.74. The van der Waals surface area contributed by atoms with Crippen LogP contribution in [0.3, 0.4) is 0 Å². The Hall–Kier alpha value is -0.710. The summed E-state index contributed by atoms with van der Waals surface area (Å²) < 4.78 is 18.1. The quantitative estimate of drug-likeness (QED) is 0.897. The van der Waals surface area contributed by atoms with Crippen LogP contribution in [0, 0.1) is 6.92 Å². The van der Waals surface area contributed by atoms with Crippen molar-refractivity contribution in [1.82, 2.24) is 5.32 Å². The summed E-state index contributed by atoms with van der Waals surface area (Å²) in [6, 6.07) is 8.59. The highest BCUT2D eigenvalue weighted by Gasteiger charge is 2.29. The Labute approximate surface area is 118 Å². The van der Waals surface area contributed by atoms with E-state index in [1.54, 1.807) is 0 Å². The Bertz CT molecular complexity index is 434. The van der Waals surface area contributed by atoms with E-state index in [2.05, 4.69) is 37.4 Å². The Kier molecular flexibility index (Phi) is 5.55. The molecule has 0 spiro atoms. The molecule has 0 saturated carbocycles. The first-order valence-corrected chi connectivity index (χ1v) is 8.32. The van der Waals surface area contributed by atoms with Crippen LogP contribution in [0.1, 0.15) is 24.5 Å². The summed E-state index contributed by atoms with van der Waals surface area (Å²) in [7, 11) is -0.885. The molecule has 1 fully saturated rings. The number of aryl methyl sites for hydroxylation is 1. The smallest absolute Gasteiger partial charge is 0.0738 e. The van der Waals surface area contributed by atoms with Gasteiger partial charge in [0.2, 0.25) is 0 Å². The Morgan fingerprint density at radius 1 is 1.47 bits per heavy atom. The van der Waals surface area contributed by atoms with Gasteiger partial charge in [-0.05, 0) is 25.5 Å². The van der Waals surface area contributed by atoms with Gasteiger partial charge < -0.3 is 10.1 Å². The van der Waals surface area contributed by atoms with E-state index in [1.165, 1.54) is 5.56 Å². The average Bonchev–Trinajstić information content (AvgIpc) is 2.39. The predicted molar refractivity (Wildman–Crippen MR) is 79.7 cm³/mol. The van der Waals surface area contributed by atoms with Crippen molar-refractivity contribution in [2.75, 3.05) is 19.8 Å². The van der Waals surface area contributed by atoms with Gasteiger partial charge in [0.05, 0.1) is 11.9 Å². The second kappa shape index (κ2) is 7.17. The van der Waals surface area contributed by atoms with E-state index in [4.69, 9.17) is 4.74 Å². The topological polar surface area (TPSA) is 38.3 Å². The van der Waals surface area contributed by atoms with E-state index in [0.717, 1.165) is 25.1 Å². The van der Waals surface area contributed by atoms with Crippen molar-refractivity contribution >= 4 is 10.8 Å². The molecule has 1 aromatic carbocycles. The number of hydrogen-bond acceptors (Lipinski definition) is 3. The molecule has 0 bridgehead atoms. The summed E-state index contributed by atoms with van der Waals surface area (Å²) >= 11 is 0. The van der Waals surface area contributed by atoms with E-state index in [1.807, 2.05) is 6.07 Å². The molecule has 3 nitrogen and oxygen atoms in total. The minimum absolute atomic E-state index is 0.106. The molecular formula is C15H23NO2S. The van der Waals surface area contributed by atoms with Crippen LogP contribution in [-0.2, 0) is 21.3 Å². The highest BCUT2D eigenvalue weighted by molar-refractivity contribution is 7.84. The number of hydrogen-bond donors (Lipinski definition) is 1. The number of benzene rings is 1. The molecule has 1 aromatic rings. The van der Waals surface area contributed by atoms with Gasteiger partial charge in [0.15, 0.2) is 0 Å². The van der Waals surface area contributed by atoms with Crippen LogP contribution < -0.4 is 5.32 Å². The van der Waals surface area contributed by atoms with Crippen molar-refractivity contribution in [3.05, 3.63) is 35.4 Å². The fourth-order valence-electron chi connectivity index (χ4n) is 2.54. The molecule has 0 amide bonds. The molecule has 2 rings (SSSR count). The summed E-state index contributed by atoms with van der Waals surface area (Å²) in [6.07, 6.45) is 0.956. The zero-order chi connectivity index (χ0) is 13.7. The lowest BCUT2D eigenvalue weighted by Gasteiger charge is -2.31. The standard InChI is InChI=1S/C15H23NO2S/c1-3-16-14-7-8-18-10-15(14)19(17)11-13-6-4-5-12(2)9-13/h4-6,9,14-16H,3,7-8,10-11H2,1-2H3. The molecule has 1 heterocycles. The fraction of sp³-hybridized carbons (Fsp3) is 0.600. The lowest BCUT2D eigenvalue weighted by molar-refractivity contribution is 0.0824. The van der Waals surface area contributed by atoms with Crippen molar-refractivity contribution in [2.45, 2.75) is 37.3 Å². The molecule has 3 unspecified atom stereocenters. The highest BCUT2D eigenvalue weighted by atomic mass is 32.2. The lowest BCUT2D eigenvalue weighted by atomic mass is 10.1. The molecule has 0 aliphatic carbocycles. The number of rotatable bonds is 5. The van der Waals surface area contributed by atoms with Crippen LogP contribution >= 0.6 is 0 Å². The molecule has 4 heteroatoms. The highest BCUT2D eigenvalue weighted by Crippen LogP contribution is 2.17. The molecule has 1 saturated heterocycles. The van der Waals surface area contributed by atoms with E-state index in [9.17, 15) is 4.21 Å². The normalized spacial score (nSPS) is 25.2. The van der Waals surface area contributed by atoms with Crippen molar-refractivity contribution in [1.29, 1.82) is 0 Å². The maximum absolute atomic E-state index is 12.6. The first kappa shape index (κ1) is 14.7. The van der Waals surface area contributed by atoms with Gasteiger partial charge in [0.25, 0.3) is 0 Å². The summed E-state index contributed by atoms with van der Waals surface area (Å²) in [4.78, 5) is 0. The van der Waals surface area contributed by atoms with Crippen LogP contribution in [0.2, 0.25) is 0 Å².